The molecule has 0 atom stereocenters. The Morgan fingerprint density at radius 1 is 1.27 bits per heavy atom. The van der Waals surface area contributed by atoms with Gasteiger partial charge in [0, 0.05) is 0 Å². The first-order chi connectivity index (χ1) is 7.18. The van der Waals surface area contributed by atoms with Crippen molar-refractivity contribution in [2.75, 3.05) is 5.06 Å². The van der Waals surface area contributed by atoms with Gasteiger partial charge in [0.05, 0.1) is 12.1 Å². The van der Waals surface area contributed by atoms with Crippen LogP contribution < -0.4 is 5.06 Å². The number of anilines is 1. The molecule has 0 unspecified atom stereocenters. The second-order valence-corrected chi connectivity index (χ2v) is 3.98. The van der Waals surface area contributed by atoms with E-state index in [0.29, 0.717) is 24.4 Å². The van der Waals surface area contributed by atoms with Crippen molar-refractivity contribution in [2.45, 2.75) is 44.8 Å². The number of hydrogen-bond acceptors (Lipinski definition) is 6. The number of aliphatic hydroxyl groups is 1. The van der Waals surface area contributed by atoms with E-state index in [2.05, 4.69) is 14.9 Å². The molecule has 1 aromatic rings. The number of hydrogen-bond donors (Lipinski definition) is 2. The van der Waals surface area contributed by atoms with E-state index in [1.807, 2.05) is 0 Å². The zero-order valence-electron chi connectivity index (χ0n) is 8.63. The maximum absolute atomic E-state index is 9.89. The van der Waals surface area contributed by atoms with Crippen LogP contribution in [0.4, 0.5) is 5.82 Å². The number of hydroxylamine groups is 1. The Kier molecular flexibility index (Phi) is 2.88. The summed E-state index contributed by atoms with van der Waals surface area (Å²) in [7, 11) is 0. The van der Waals surface area contributed by atoms with E-state index in [-0.39, 0.29) is 12.1 Å². The Hall–Kier alpha value is -1.14. The maximum Gasteiger partial charge on any atom is 0.220 e. The minimum absolute atomic E-state index is 0.000926. The first-order valence-electron chi connectivity index (χ1n) is 5.14. The van der Waals surface area contributed by atoms with Crippen LogP contribution in [0.15, 0.2) is 4.63 Å². The summed E-state index contributed by atoms with van der Waals surface area (Å²) in [5, 5.41) is 27.6. The lowest BCUT2D eigenvalue weighted by Crippen LogP contribution is -2.37. The third-order valence-corrected chi connectivity index (χ3v) is 2.86. The molecule has 84 valence electrons. The quantitative estimate of drug-likeness (QED) is 0.709. The van der Waals surface area contributed by atoms with E-state index >= 15 is 0 Å². The van der Waals surface area contributed by atoms with Crippen molar-refractivity contribution in [3.63, 3.8) is 0 Å². The van der Waals surface area contributed by atoms with Gasteiger partial charge in [0.25, 0.3) is 0 Å². The topological polar surface area (TPSA) is 82.6 Å². The van der Waals surface area contributed by atoms with Crippen LogP contribution in [0.2, 0.25) is 0 Å². The minimum Gasteiger partial charge on any atom is -0.393 e. The van der Waals surface area contributed by atoms with Gasteiger partial charge < -0.3 is 5.11 Å². The Morgan fingerprint density at radius 2 is 1.93 bits per heavy atom. The van der Waals surface area contributed by atoms with Gasteiger partial charge in [0.2, 0.25) is 5.82 Å². The van der Waals surface area contributed by atoms with Gasteiger partial charge in [-0.3, -0.25) is 5.21 Å². The lowest BCUT2D eigenvalue weighted by molar-refractivity contribution is 0.0967. The van der Waals surface area contributed by atoms with Crippen molar-refractivity contribution in [1.82, 2.24) is 10.3 Å². The molecule has 0 aromatic carbocycles. The summed E-state index contributed by atoms with van der Waals surface area (Å²) in [4.78, 5) is 0. The van der Waals surface area contributed by atoms with Crippen LogP contribution in [0.1, 0.15) is 31.4 Å². The van der Waals surface area contributed by atoms with Gasteiger partial charge in [-0.25, -0.2) is 9.69 Å². The largest absolute Gasteiger partial charge is 0.393 e. The van der Waals surface area contributed by atoms with Gasteiger partial charge in [-0.2, -0.15) is 0 Å². The van der Waals surface area contributed by atoms with E-state index < -0.39 is 0 Å². The van der Waals surface area contributed by atoms with Gasteiger partial charge in [0.1, 0.15) is 5.69 Å². The molecule has 2 N–H and O–H groups in total. The van der Waals surface area contributed by atoms with Crippen molar-refractivity contribution in [3.05, 3.63) is 5.69 Å². The van der Waals surface area contributed by atoms with E-state index in [9.17, 15) is 10.3 Å². The smallest absolute Gasteiger partial charge is 0.220 e. The molecule has 1 saturated carbocycles. The molecule has 1 aromatic heterocycles. The molecule has 0 bridgehead atoms. The second-order valence-electron chi connectivity index (χ2n) is 3.98. The Labute approximate surface area is 87.4 Å². The lowest BCUT2D eigenvalue weighted by Gasteiger charge is -2.30. The molecule has 6 nitrogen and oxygen atoms in total. The summed E-state index contributed by atoms with van der Waals surface area (Å²) in [6.07, 6.45) is 2.71. The van der Waals surface area contributed by atoms with Gasteiger partial charge >= 0.3 is 0 Å². The normalized spacial score (nSPS) is 26.6. The standard InChI is InChI=1S/C9H15N3O3/c1-6-9(11-15-10-6)12(14)7-2-4-8(13)5-3-7/h7-8,13-14H,2-5H2,1H3. The molecule has 1 fully saturated rings. The molecule has 15 heavy (non-hydrogen) atoms. The maximum atomic E-state index is 9.89. The molecule has 0 spiro atoms. The molecule has 0 saturated heterocycles. The number of nitrogens with zero attached hydrogens (tertiary/aromatic N) is 3. The SMILES string of the molecule is Cc1nonc1N(O)C1CCC(O)CC1. The highest BCUT2D eigenvalue weighted by Gasteiger charge is 2.27. The van der Waals surface area contributed by atoms with Crippen LogP contribution in [0, 0.1) is 6.92 Å². The van der Waals surface area contributed by atoms with Gasteiger partial charge in [-0.05, 0) is 37.8 Å². The van der Waals surface area contributed by atoms with Gasteiger partial charge in [0.15, 0.2) is 0 Å². The van der Waals surface area contributed by atoms with Crippen LogP contribution in [0.5, 0.6) is 0 Å². The van der Waals surface area contributed by atoms with Crippen LogP contribution >= 0.6 is 0 Å². The van der Waals surface area contributed by atoms with E-state index in [1.165, 1.54) is 0 Å². The average Bonchev–Trinajstić information content (AvgIpc) is 2.65. The monoisotopic (exact) mass is 213 g/mol. The molecular formula is C9H15N3O3. The number of aryl methyl sites for hydroxylation is 1. The molecule has 0 amide bonds. The summed E-state index contributed by atoms with van der Waals surface area (Å²) in [5.74, 6) is 0.372. The third kappa shape index (κ3) is 2.10. The highest BCUT2D eigenvalue weighted by Crippen LogP contribution is 2.26. The zero-order chi connectivity index (χ0) is 10.8. The summed E-state index contributed by atoms with van der Waals surface area (Å²) in [6.45, 7) is 1.73. The summed E-state index contributed by atoms with van der Waals surface area (Å²) in [6, 6.07) is -0.000926. The van der Waals surface area contributed by atoms with Gasteiger partial charge in [-0.1, -0.05) is 5.16 Å². The summed E-state index contributed by atoms with van der Waals surface area (Å²) < 4.78 is 4.53. The zero-order valence-corrected chi connectivity index (χ0v) is 8.63. The van der Waals surface area contributed by atoms with Crippen LogP contribution in [-0.4, -0.2) is 32.8 Å². The highest BCUT2D eigenvalue weighted by atomic mass is 16.6. The lowest BCUT2D eigenvalue weighted by atomic mass is 9.93. The Bertz CT molecular complexity index is 320. The van der Waals surface area contributed by atoms with Gasteiger partial charge in [-0.15, -0.1) is 0 Å². The van der Waals surface area contributed by atoms with Crippen molar-refractivity contribution in [3.8, 4) is 0 Å². The molecule has 0 aliphatic heterocycles. The highest BCUT2D eigenvalue weighted by molar-refractivity contribution is 5.38. The van der Waals surface area contributed by atoms with Crippen LogP contribution in [0.3, 0.4) is 0 Å². The third-order valence-electron chi connectivity index (χ3n) is 2.86. The molecule has 1 aliphatic rings. The fraction of sp³-hybridized carbons (Fsp3) is 0.778. The van der Waals surface area contributed by atoms with Crippen LogP contribution in [-0.2, 0) is 0 Å². The number of aromatic nitrogens is 2. The summed E-state index contributed by atoms with van der Waals surface area (Å²) >= 11 is 0. The predicted molar refractivity (Wildman–Crippen MR) is 51.6 cm³/mol. The fourth-order valence-corrected chi connectivity index (χ4v) is 1.91. The van der Waals surface area contributed by atoms with E-state index in [4.69, 9.17) is 0 Å². The summed E-state index contributed by atoms with van der Waals surface area (Å²) in [5.41, 5.74) is 0.573. The van der Waals surface area contributed by atoms with Crippen molar-refractivity contribution in [1.29, 1.82) is 0 Å². The first kappa shape index (κ1) is 10.4. The molecule has 2 rings (SSSR count). The Morgan fingerprint density at radius 3 is 2.47 bits per heavy atom. The number of aliphatic hydroxyl groups excluding tert-OH is 1. The molecular weight excluding hydrogens is 198 g/mol. The average molecular weight is 213 g/mol. The van der Waals surface area contributed by atoms with Crippen molar-refractivity contribution < 1.29 is 14.9 Å². The van der Waals surface area contributed by atoms with E-state index in [1.54, 1.807) is 6.92 Å². The molecule has 1 aliphatic carbocycles. The molecule has 1 heterocycles. The van der Waals surface area contributed by atoms with Crippen molar-refractivity contribution in [2.24, 2.45) is 0 Å². The predicted octanol–water partition coefficient (Wildman–Crippen LogP) is 0.877. The minimum atomic E-state index is -0.230. The van der Waals surface area contributed by atoms with Crippen molar-refractivity contribution >= 4 is 5.82 Å². The second kappa shape index (κ2) is 4.16. The first-order valence-corrected chi connectivity index (χ1v) is 5.14. The Balaban J connectivity index is 2.02. The number of rotatable bonds is 2. The molecule has 0 radical (unpaired) electrons. The van der Waals surface area contributed by atoms with E-state index in [0.717, 1.165) is 17.9 Å². The van der Waals surface area contributed by atoms with Crippen LogP contribution in [0.25, 0.3) is 0 Å². The molecule has 6 heteroatoms. The fourth-order valence-electron chi connectivity index (χ4n) is 1.91.